The Morgan fingerprint density at radius 3 is 1.14 bits per heavy atom. The van der Waals surface area contributed by atoms with Crippen LogP contribution in [-0.4, -0.2) is 50.2 Å². The molecule has 0 saturated heterocycles. The van der Waals surface area contributed by atoms with Crippen LogP contribution in [0.2, 0.25) is 0 Å². The topological polar surface area (TPSA) is 47.6 Å². The number of hydrogen-bond acceptors (Lipinski definition) is 4. The zero-order chi connectivity index (χ0) is 21.5. The molecule has 0 heterocycles. The summed E-state index contributed by atoms with van der Waals surface area (Å²) < 4.78 is 2.06. The van der Waals surface area contributed by atoms with Gasteiger partial charge in [0.2, 0.25) is 0 Å². The lowest BCUT2D eigenvalue weighted by atomic mass is 10.2. The van der Waals surface area contributed by atoms with Gasteiger partial charge in [0.15, 0.2) is 0 Å². The quantitative estimate of drug-likeness (QED) is 0.395. The van der Waals surface area contributed by atoms with Gasteiger partial charge in [-0.25, -0.2) is 10.5 Å². The van der Waals surface area contributed by atoms with Crippen LogP contribution >= 0.6 is 0 Å². The summed E-state index contributed by atoms with van der Waals surface area (Å²) in [6.45, 7) is 4.53. The molecule has 0 aliphatic heterocycles. The third kappa shape index (κ3) is 13.0. The minimum atomic E-state index is 1.03. The summed E-state index contributed by atoms with van der Waals surface area (Å²) >= 11 is 7.40. The number of hydrogen-bond donors (Lipinski definition) is 0. The minimum Gasteiger partial charge on any atom is -0.696 e. The third-order valence-corrected chi connectivity index (χ3v) is 4.22. The average Bonchev–Trinajstić information content (AvgIpc) is 2.63. The molecule has 4 nitrogen and oxygen atoms in total. The molecule has 150 valence electrons. The van der Waals surface area contributed by atoms with E-state index in [4.69, 9.17) is 10.5 Å². The Hall–Kier alpha value is -2.22. The van der Waals surface area contributed by atoms with Crippen molar-refractivity contribution in [3.63, 3.8) is 0 Å². The highest BCUT2D eigenvalue weighted by molar-refractivity contribution is 7.64. The Kier molecular flexibility index (Phi) is 12.8. The molecule has 0 aliphatic rings. The Labute approximate surface area is 181 Å². The molecule has 2 rings (SSSR count). The fourth-order valence-electron chi connectivity index (χ4n) is 2.85. The van der Waals surface area contributed by atoms with Crippen LogP contribution < -0.4 is 0 Å². The van der Waals surface area contributed by atoms with E-state index in [1.165, 1.54) is 35.0 Å². The molecule has 28 heavy (non-hydrogen) atoms. The number of quaternary nitrogens is 2. The van der Waals surface area contributed by atoms with Crippen LogP contribution in [0.1, 0.15) is 11.1 Å². The highest BCUT2D eigenvalue weighted by Crippen LogP contribution is 2.13. The molecule has 0 radical (unpaired) electrons. The highest BCUT2D eigenvalue weighted by Gasteiger charge is 2.23. The van der Waals surface area contributed by atoms with E-state index in [1.54, 1.807) is 0 Å². The zero-order valence-electron chi connectivity index (χ0n) is 17.2. The SMILES string of the molecule is C[N+](C)(CC[N+](C)(C)Cc1ccccc1)Cc1ccccc1.N#C[S-].N#C[S-]. The third-order valence-electron chi connectivity index (χ3n) is 4.22. The van der Waals surface area contributed by atoms with E-state index in [0.717, 1.165) is 22.1 Å². The lowest BCUT2D eigenvalue weighted by Crippen LogP contribution is -2.49. The molecule has 0 aromatic heterocycles. The summed E-state index contributed by atoms with van der Waals surface area (Å²) in [4.78, 5) is 0. The number of nitrogens with zero attached hydrogens (tertiary/aromatic N) is 4. The van der Waals surface area contributed by atoms with Crippen molar-refractivity contribution in [3.05, 3.63) is 71.8 Å². The lowest BCUT2D eigenvalue weighted by Gasteiger charge is -2.35. The van der Waals surface area contributed by atoms with Crippen molar-refractivity contribution in [3.8, 4) is 10.8 Å². The first-order valence-electron chi connectivity index (χ1n) is 8.94. The summed E-state index contributed by atoms with van der Waals surface area (Å²) in [5, 5.41) is 16.9. The molecule has 0 saturated carbocycles. The van der Waals surface area contributed by atoms with E-state index in [-0.39, 0.29) is 0 Å². The van der Waals surface area contributed by atoms with Crippen molar-refractivity contribution < 1.29 is 8.97 Å². The molecule has 0 unspecified atom stereocenters. The molecule has 0 fully saturated rings. The lowest BCUT2D eigenvalue weighted by molar-refractivity contribution is -0.958. The van der Waals surface area contributed by atoms with E-state index in [1.807, 2.05) is 0 Å². The van der Waals surface area contributed by atoms with Gasteiger partial charge >= 0.3 is 0 Å². The summed E-state index contributed by atoms with van der Waals surface area (Å²) in [7, 11) is 9.32. The van der Waals surface area contributed by atoms with Crippen LogP contribution in [0.4, 0.5) is 0 Å². The molecule has 2 aromatic rings. The second-order valence-corrected chi connectivity index (χ2v) is 8.15. The van der Waals surface area contributed by atoms with E-state index < -0.39 is 0 Å². The summed E-state index contributed by atoms with van der Waals surface area (Å²) in [6, 6.07) is 21.6. The Morgan fingerprint density at radius 2 is 0.893 bits per heavy atom. The van der Waals surface area contributed by atoms with Crippen LogP contribution in [0.25, 0.3) is 0 Å². The number of benzene rings is 2. The Balaban J connectivity index is 0.00000108. The zero-order valence-corrected chi connectivity index (χ0v) is 18.8. The molecule has 0 N–H and O–H groups in total. The van der Waals surface area contributed by atoms with Crippen LogP contribution in [-0.2, 0) is 38.3 Å². The standard InChI is InChI=1S/C20H30N2.2CHNS/c1-21(2,17-19-11-7-5-8-12-19)15-16-22(3,4)18-20-13-9-6-10-14-20;2*2-1-3/h5-14H,15-18H2,1-4H3;2*3H/q+2;;/p-2. The monoisotopic (exact) mass is 414 g/mol. The van der Waals surface area contributed by atoms with Gasteiger partial charge in [-0.15, -0.1) is 0 Å². The van der Waals surface area contributed by atoms with Gasteiger partial charge in [0, 0.05) is 11.1 Å². The van der Waals surface area contributed by atoms with E-state index in [9.17, 15) is 0 Å². The van der Waals surface area contributed by atoms with Crippen LogP contribution in [0, 0.1) is 21.3 Å². The molecule has 0 bridgehead atoms. The van der Waals surface area contributed by atoms with Crippen molar-refractivity contribution >= 4 is 25.3 Å². The van der Waals surface area contributed by atoms with Gasteiger partial charge in [0.05, 0.1) is 28.2 Å². The van der Waals surface area contributed by atoms with Crippen molar-refractivity contribution in [1.29, 1.82) is 10.5 Å². The molecule has 6 heteroatoms. The number of thiocyanates is 2. The van der Waals surface area contributed by atoms with Gasteiger partial charge in [0.1, 0.15) is 26.2 Å². The Morgan fingerprint density at radius 1 is 0.643 bits per heavy atom. The van der Waals surface area contributed by atoms with Gasteiger partial charge in [-0.3, -0.25) is 0 Å². The van der Waals surface area contributed by atoms with Crippen LogP contribution in [0.5, 0.6) is 0 Å². The molecule has 2 aromatic carbocycles. The fourth-order valence-corrected chi connectivity index (χ4v) is 2.85. The summed E-state index contributed by atoms with van der Waals surface area (Å²) in [6.07, 6.45) is 0. The first-order valence-corrected chi connectivity index (χ1v) is 9.75. The predicted octanol–water partition coefficient (Wildman–Crippen LogP) is 3.57. The van der Waals surface area contributed by atoms with E-state index in [0.29, 0.717) is 0 Å². The smallest absolute Gasteiger partial charge is 0.128 e. The molecular weight excluding hydrogens is 384 g/mol. The van der Waals surface area contributed by atoms with E-state index in [2.05, 4.69) is 114 Å². The molecular formula is C22H30N4S2. The maximum absolute atomic E-state index is 7.13. The highest BCUT2D eigenvalue weighted by atomic mass is 32.1. The van der Waals surface area contributed by atoms with Gasteiger partial charge in [0.25, 0.3) is 0 Å². The molecule has 0 spiro atoms. The fraction of sp³-hybridized carbons (Fsp3) is 0.364. The number of rotatable bonds is 7. The largest absolute Gasteiger partial charge is 0.696 e. The number of nitriles is 2. The molecule has 0 aliphatic carbocycles. The van der Waals surface area contributed by atoms with Gasteiger partial charge in [-0.1, -0.05) is 71.5 Å². The average molecular weight is 415 g/mol. The maximum Gasteiger partial charge on any atom is 0.128 e. The normalized spacial score (nSPS) is 10.2. The van der Waals surface area contributed by atoms with Crippen molar-refractivity contribution in [2.75, 3.05) is 41.3 Å². The molecule has 0 amide bonds. The minimum absolute atomic E-state index is 1.03. The van der Waals surface area contributed by atoms with Crippen molar-refractivity contribution in [2.24, 2.45) is 0 Å². The number of likely N-dealkylation sites (N-methyl/N-ethyl adjacent to an activating group) is 2. The first-order chi connectivity index (χ1) is 13.2. The second-order valence-electron chi connectivity index (χ2n) is 7.79. The van der Waals surface area contributed by atoms with Gasteiger partial charge < -0.3 is 34.2 Å². The maximum atomic E-state index is 7.13. The van der Waals surface area contributed by atoms with Crippen molar-refractivity contribution in [2.45, 2.75) is 13.1 Å². The Bertz CT molecular complexity index is 667. The van der Waals surface area contributed by atoms with Crippen LogP contribution in [0.3, 0.4) is 0 Å². The van der Waals surface area contributed by atoms with Crippen LogP contribution in [0.15, 0.2) is 60.7 Å². The molecule has 0 atom stereocenters. The van der Waals surface area contributed by atoms with Gasteiger partial charge in [-0.05, 0) is 0 Å². The summed E-state index contributed by atoms with van der Waals surface area (Å²) in [5.41, 5.74) is 2.83. The van der Waals surface area contributed by atoms with E-state index >= 15 is 0 Å². The first kappa shape index (κ1) is 25.8. The summed E-state index contributed by atoms with van der Waals surface area (Å²) in [5.74, 6) is 0. The van der Waals surface area contributed by atoms with Crippen molar-refractivity contribution in [1.82, 2.24) is 0 Å². The predicted molar refractivity (Wildman–Crippen MR) is 120 cm³/mol. The van der Waals surface area contributed by atoms with Gasteiger partial charge in [-0.2, -0.15) is 0 Å². The second kappa shape index (κ2) is 13.9.